The quantitative estimate of drug-likeness (QED) is 0.646. The highest BCUT2D eigenvalue weighted by Gasteiger charge is 2.09. The molecule has 1 aromatic carbocycles. The number of hydrogen-bond acceptors (Lipinski definition) is 3. The largest absolute Gasteiger partial charge is 0.394 e. The minimum Gasteiger partial charge on any atom is -0.394 e. The Morgan fingerprint density at radius 3 is 3.05 bits per heavy atom. The smallest absolute Gasteiger partial charge is 0.224 e. The van der Waals surface area contributed by atoms with E-state index >= 15 is 0 Å². The minimum absolute atomic E-state index is 0.0135. The summed E-state index contributed by atoms with van der Waals surface area (Å²) in [6.45, 7) is 3.57. The molecule has 114 valence electrons. The van der Waals surface area contributed by atoms with E-state index in [0.717, 1.165) is 22.9 Å². The van der Waals surface area contributed by atoms with E-state index in [9.17, 15) is 4.79 Å². The van der Waals surface area contributed by atoms with Gasteiger partial charge in [-0.2, -0.15) is 0 Å². The summed E-state index contributed by atoms with van der Waals surface area (Å²) in [5, 5.41) is 12.6. The third-order valence-corrected chi connectivity index (χ3v) is 3.38. The average Bonchev–Trinajstić information content (AvgIpc) is 2.87. The summed E-state index contributed by atoms with van der Waals surface area (Å²) in [5.74, 6) is 0.0135. The van der Waals surface area contributed by atoms with Gasteiger partial charge in [-0.1, -0.05) is 18.2 Å². The van der Waals surface area contributed by atoms with Crippen molar-refractivity contribution in [1.29, 1.82) is 0 Å². The Bertz CT molecular complexity index is 592. The molecular weight excluding hydrogens is 268 g/mol. The molecule has 0 unspecified atom stereocenters. The molecule has 3 N–H and O–H groups in total. The number of benzene rings is 1. The number of aromatic amines is 1. The van der Waals surface area contributed by atoms with E-state index < -0.39 is 0 Å². The highest BCUT2D eigenvalue weighted by atomic mass is 16.5. The average molecular weight is 290 g/mol. The Morgan fingerprint density at radius 2 is 2.24 bits per heavy atom. The first kappa shape index (κ1) is 15.5. The van der Waals surface area contributed by atoms with Gasteiger partial charge in [0.1, 0.15) is 0 Å². The lowest BCUT2D eigenvalue weighted by molar-refractivity contribution is -0.120. The van der Waals surface area contributed by atoms with Gasteiger partial charge in [-0.3, -0.25) is 4.79 Å². The molecule has 0 aliphatic heterocycles. The van der Waals surface area contributed by atoms with Crippen LogP contribution in [0.4, 0.5) is 0 Å². The summed E-state index contributed by atoms with van der Waals surface area (Å²) < 4.78 is 5.14. The molecule has 0 bridgehead atoms. The first-order valence-electron chi connectivity index (χ1n) is 7.23. The molecular formula is C16H22N2O3. The molecule has 1 amide bonds. The normalized spacial score (nSPS) is 11.0. The van der Waals surface area contributed by atoms with Crippen LogP contribution in [0.1, 0.15) is 17.5 Å². The number of nitrogens with one attached hydrogen (secondary N) is 2. The number of rotatable bonds is 8. The highest BCUT2D eigenvalue weighted by Crippen LogP contribution is 2.21. The molecule has 0 aliphatic rings. The first-order chi connectivity index (χ1) is 10.2. The fourth-order valence-electron chi connectivity index (χ4n) is 2.31. The van der Waals surface area contributed by atoms with Gasteiger partial charge in [0, 0.05) is 30.3 Å². The molecule has 0 fully saturated rings. The van der Waals surface area contributed by atoms with Crippen LogP contribution in [0, 0.1) is 6.92 Å². The van der Waals surface area contributed by atoms with Gasteiger partial charge in [0.2, 0.25) is 5.91 Å². The fourth-order valence-corrected chi connectivity index (χ4v) is 2.31. The molecule has 1 heterocycles. The summed E-state index contributed by atoms with van der Waals surface area (Å²) in [7, 11) is 0. The fraction of sp³-hybridized carbons (Fsp3) is 0.438. The predicted octanol–water partition coefficient (Wildman–Crippen LogP) is 1.53. The number of hydrogen-bond donors (Lipinski definition) is 3. The second-order valence-corrected chi connectivity index (χ2v) is 5.03. The second-order valence-electron chi connectivity index (χ2n) is 5.03. The van der Waals surface area contributed by atoms with Crippen LogP contribution < -0.4 is 5.32 Å². The minimum atomic E-state index is 0.0135. The number of H-pyrrole nitrogens is 1. The van der Waals surface area contributed by atoms with Crippen LogP contribution in [-0.4, -0.2) is 42.4 Å². The third kappa shape index (κ3) is 4.31. The van der Waals surface area contributed by atoms with Crippen molar-refractivity contribution in [2.75, 3.05) is 26.4 Å². The third-order valence-electron chi connectivity index (χ3n) is 3.38. The van der Waals surface area contributed by atoms with Crippen LogP contribution >= 0.6 is 0 Å². The first-order valence-corrected chi connectivity index (χ1v) is 7.23. The van der Waals surface area contributed by atoms with E-state index in [1.54, 1.807) is 0 Å². The maximum Gasteiger partial charge on any atom is 0.224 e. The number of para-hydroxylation sites is 1. The van der Waals surface area contributed by atoms with Gasteiger partial charge >= 0.3 is 0 Å². The van der Waals surface area contributed by atoms with Gasteiger partial charge < -0.3 is 20.1 Å². The number of aliphatic hydroxyl groups excluding tert-OH is 1. The summed E-state index contributed by atoms with van der Waals surface area (Å²) in [6, 6.07) is 6.09. The lowest BCUT2D eigenvalue weighted by atomic mass is 10.1. The Labute approximate surface area is 124 Å². The topological polar surface area (TPSA) is 74.3 Å². The molecule has 2 aromatic rings. The van der Waals surface area contributed by atoms with Crippen molar-refractivity contribution in [2.24, 2.45) is 0 Å². The van der Waals surface area contributed by atoms with Gasteiger partial charge in [0.15, 0.2) is 0 Å². The van der Waals surface area contributed by atoms with Crippen LogP contribution in [0.3, 0.4) is 0 Å². The van der Waals surface area contributed by atoms with E-state index in [0.29, 0.717) is 26.2 Å². The van der Waals surface area contributed by atoms with Crippen molar-refractivity contribution in [2.45, 2.75) is 19.8 Å². The number of fused-ring (bicyclic) bond motifs is 1. The van der Waals surface area contributed by atoms with Gasteiger partial charge in [-0.05, 0) is 24.5 Å². The number of aromatic nitrogens is 1. The maximum absolute atomic E-state index is 11.9. The summed E-state index contributed by atoms with van der Waals surface area (Å²) in [6.07, 6.45) is 3.03. The molecule has 0 atom stereocenters. The van der Waals surface area contributed by atoms with Crippen molar-refractivity contribution < 1.29 is 14.6 Å². The van der Waals surface area contributed by atoms with E-state index in [1.165, 1.54) is 5.56 Å². The van der Waals surface area contributed by atoms with Crippen LogP contribution in [0.5, 0.6) is 0 Å². The Hall–Kier alpha value is -1.85. The van der Waals surface area contributed by atoms with Crippen molar-refractivity contribution in [3.63, 3.8) is 0 Å². The van der Waals surface area contributed by atoms with E-state index in [1.807, 2.05) is 18.3 Å². The van der Waals surface area contributed by atoms with Crippen molar-refractivity contribution >= 4 is 16.8 Å². The van der Waals surface area contributed by atoms with Crippen molar-refractivity contribution in [3.05, 3.63) is 35.5 Å². The van der Waals surface area contributed by atoms with Gasteiger partial charge in [-0.15, -0.1) is 0 Å². The number of carbonyl (C=O) groups excluding carboxylic acids is 1. The standard InChI is InChI=1S/C16H22N2O3/c1-12-4-2-5-14-13(11-18-16(12)14)10-15(20)17-6-3-8-21-9-7-19/h2,4-5,11,18-19H,3,6-10H2,1H3,(H,17,20). The van der Waals surface area contributed by atoms with Gasteiger partial charge in [0.25, 0.3) is 0 Å². The zero-order valence-corrected chi connectivity index (χ0v) is 12.3. The Morgan fingerprint density at radius 1 is 1.38 bits per heavy atom. The summed E-state index contributed by atoms with van der Waals surface area (Å²) in [4.78, 5) is 15.2. The van der Waals surface area contributed by atoms with Gasteiger partial charge in [-0.25, -0.2) is 0 Å². The number of carbonyl (C=O) groups is 1. The van der Waals surface area contributed by atoms with Crippen molar-refractivity contribution in [3.8, 4) is 0 Å². The Kier molecular flexibility index (Phi) is 5.78. The molecule has 21 heavy (non-hydrogen) atoms. The van der Waals surface area contributed by atoms with Crippen LogP contribution in [0.2, 0.25) is 0 Å². The highest BCUT2D eigenvalue weighted by molar-refractivity contribution is 5.90. The van der Waals surface area contributed by atoms with Crippen LogP contribution in [0.25, 0.3) is 10.9 Å². The zero-order chi connectivity index (χ0) is 15.1. The lowest BCUT2D eigenvalue weighted by Gasteiger charge is -2.05. The van der Waals surface area contributed by atoms with E-state index in [4.69, 9.17) is 9.84 Å². The van der Waals surface area contributed by atoms with Gasteiger partial charge in [0.05, 0.1) is 19.6 Å². The molecule has 2 rings (SSSR count). The zero-order valence-electron chi connectivity index (χ0n) is 12.3. The molecule has 5 nitrogen and oxygen atoms in total. The predicted molar refractivity (Wildman–Crippen MR) is 82.3 cm³/mol. The maximum atomic E-state index is 11.9. The number of amides is 1. The van der Waals surface area contributed by atoms with Crippen LogP contribution in [0.15, 0.2) is 24.4 Å². The molecule has 0 aliphatic carbocycles. The van der Waals surface area contributed by atoms with Crippen LogP contribution in [-0.2, 0) is 16.0 Å². The lowest BCUT2D eigenvalue weighted by Crippen LogP contribution is -2.26. The molecule has 5 heteroatoms. The number of ether oxygens (including phenoxy) is 1. The summed E-state index contributed by atoms with van der Waals surface area (Å²) in [5.41, 5.74) is 3.29. The second kappa shape index (κ2) is 7.81. The van der Waals surface area contributed by atoms with E-state index in [2.05, 4.69) is 23.3 Å². The Balaban J connectivity index is 1.81. The van der Waals surface area contributed by atoms with E-state index in [-0.39, 0.29) is 12.5 Å². The number of aryl methyl sites for hydroxylation is 1. The molecule has 1 aromatic heterocycles. The molecule has 0 saturated carbocycles. The molecule has 0 saturated heterocycles. The van der Waals surface area contributed by atoms with Crippen molar-refractivity contribution in [1.82, 2.24) is 10.3 Å². The molecule has 0 spiro atoms. The summed E-state index contributed by atoms with van der Waals surface area (Å²) >= 11 is 0. The SMILES string of the molecule is Cc1cccc2c(CC(=O)NCCCOCCO)c[nH]c12. The number of aliphatic hydroxyl groups is 1. The monoisotopic (exact) mass is 290 g/mol. The molecule has 0 radical (unpaired) electrons.